The van der Waals surface area contributed by atoms with Gasteiger partial charge in [-0.15, -0.1) is 0 Å². The van der Waals surface area contributed by atoms with Crippen LogP contribution in [0.15, 0.2) is 42.7 Å². The molecule has 0 amide bonds. The van der Waals surface area contributed by atoms with Gasteiger partial charge < -0.3 is 14.6 Å². The highest BCUT2D eigenvalue weighted by Gasteiger charge is 2.27. The summed E-state index contributed by atoms with van der Waals surface area (Å²) < 4.78 is 25.3. The fourth-order valence-electron chi connectivity index (χ4n) is 2.75. The minimum atomic E-state index is -1.04. The van der Waals surface area contributed by atoms with E-state index in [4.69, 9.17) is 14.6 Å². The van der Waals surface area contributed by atoms with E-state index < -0.39 is 17.9 Å². The van der Waals surface area contributed by atoms with Gasteiger partial charge in [-0.2, -0.15) is 0 Å². The Bertz CT molecular complexity index is 976. The first-order valence-electron chi connectivity index (χ1n) is 7.70. The predicted molar refractivity (Wildman–Crippen MR) is 86.4 cm³/mol. The van der Waals surface area contributed by atoms with E-state index in [1.54, 1.807) is 24.5 Å². The van der Waals surface area contributed by atoms with Crippen molar-refractivity contribution in [2.75, 3.05) is 0 Å². The molecule has 0 fully saturated rings. The number of fused-ring (bicyclic) bond motifs is 2. The lowest BCUT2D eigenvalue weighted by atomic mass is 10.0. The molecule has 0 spiro atoms. The zero-order valence-electron chi connectivity index (χ0n) is 13.0. The highest BCUT2D eigenvalue weighted by Crippen LogP contribution is 2.35. The average Bonchev–Trinajstić information content (AvgIpc) is 2.62. The number of halogens is 1. The molecular weight excluding hydrogens is 327 g/mol. The van der Waals surface area contributed by atoms with Crippen LogP contribution in [-0.2, 0) is 11.2 Å². The minimum Gasteiger partial charge on any atom is -0.479 e. The van der Waals surface area contributed by atoms with E-state index in [9.17, 15) is 9.18 Å². The Morgan fingerprint density at radius 2 is 2.20 bits per heavy atom. The topological polar surface area (TPSA) is 81.5 Å². The van der Waals surface area contributed by atoms with Crippen molar-refractivity contribution in [3.8, 4) is 17.4 Å². The normalized spacial score (nSPS) is 16.1. The van der Waals surface area contributed by atoms with Crippen LogP contribution in [0, 0.1) is 5.82 Å². The van der Waals surface area contributed by atoms with Crippen molar-refractivity contribution in [3.63, 3.8) is 0 Å². The van der Waals surface area contributed by atoms with Gasteiger partial charge in [0.2, 0.25) is 5.88 Å². The monoisotopic (exact) mass is 340 g/mol. The molecule has 1 N–H and O–H groups in total. The SMILES string of the molecule is O=C(O)C1CCc2cc(F)c(Oc3ccc4ccncc4n3)cc2O1. The number of nitrogens with zero attached hydrogens (tertiary/aromatic N) is 2. The van der Waals surface area contributed by atoms with Gasteiger partial charge in [0.1, 0.15) is 5.75 Å². The van der Waals surface area contributed by atoms with Crippen molar-refractivity contribution in [1.82, 2.24) is 9.97 Å². The third-order valence-electron chi connectivity index (χ3n) is 4.02. The number of carbonyl (C=O) groups is 1. The summed E-state index contributed by atoms with van der Waals surface area (Å²) in [6.07, 6.45) is 3.05. The van der Waals surface area contributed by atoms with E-state index in [2.05, 4.69) is 9.97 Å². The molecule has 7 heteroatoms. The summed E-state index contributed by atoms with van der Waals surface area (Å²) in [6, 6.07) is 7.92. The van der Waals surface area contributed by atoms with Crippen LogP contribution >= 0.6 is 0 Å². The van der Waals surface area contributed by atoms with Gasteiger partial charge >= 0.3 is 5.97 Å². The van der Waals surface area contributed by atoms with Crippen LogP contribution < -0.4 is 9.47 Å². The molecule has 4 rings (SSSR count). The van der Waals surface area contributed by atoms with Crippen molar-refractivity contribution in [3.05, 3.63) is 54.1 Å². The van der Waals surface area contributed by atoms with Crippen molar-refractivity contribution in [1.29, 1.82) is 0 Å². The first kappa shape index (κ1) is 15.3. The Kier molecular flexibility index (Phi) is 3.68. The van der Waals surface area contributed by atoms with E-state index in [1.807, 2.05) is 6.07 Å². The Hall–Kier alpha value is -3.22. The third kappa shape index (κ3) is 2.96. The Balaban J connectivity index is 1.65. The van der Waals surface area contributed by atoms with Crippen molar-refractivity contribution in [2.45, 2.75) is 18.9 Å². The summed E-state index contributed by atoms with van der Waals surface area (Å²) in [5, 5.41) is 9.97. The molecule has 2 aromatic heterocycles. The summed E-state index contributed by atoms with van der Waals surface area (Å²) in [6.45, 7) is 0. The summed E-state index contributed by atoms with van der Waals surface area (Å²) >= 11 is 0. The molecule has 0 saturated carbocycles. The van der Waals surface area contributed by atoms with Crippen LogP contribution in [0.2, 0.25) is 0 Å². The quantitative estimate of drug-likeness (QED) is 0.787. The summed E-state index contributed by atoms with van der Waals surface area (Å²) in [7, 11) is 0. The molecule has 25 heavy (non-hydrogen) atoms. The first-order chi connectivity index (χ1) is 12.1. The number of pyridine rings is 2. The minimum absolute atomic E-state index is 0.0690. The highest BCUT2D eigenvalue weighted by molar-refractivity contribution is 5.77. The van der Waals surface area contributed by atoms with E-state index in [0.29, 0.717) is 29.7 Å². The Morgan fingerprint density at radius 3 is 3.04 bits per heavy atom. The van der Waals surface area contributed by atoms with Crippen molar-refractivity contribution >= 4 is 16.9 Å². The first-order valence-corrected chi connectivity index (χ1v) is 7.70. The lowest BCUT2D eigenvalue weighted by Crippen LogP contribution is -2.30. The van der Waals surface area contributed by atoms with E-state index in [-0.39, 0.29) is 11.6 Å². The van der Waals surface area contributed by atoms with E-state index in [0.717, 1.165) is 5.39 Å². The van der Waals surface area contributed by atoms with Gasteiger partial charge in [-0.3, -0.25) is 4.98 Å². The molecule has 1 unspecified atom stereocenters. The fourth-order valence-corrected chi connectivity index (χ4v) is 2.75. The van der Waals surface area contributed by atoms with Gasteiger partial charge in [-0.25, -0.2) is 14.2 Å². The van der Waals surface area contributed by atoms with Crippen LogP contribution in [0.1, 0.15) is 12.0 Å². The van der Waals surface area contributed by atoms with Crippen LogP contribution in [0.5, 0.6) is 17.4 Å². The molecule has 1 aliphatic heterocycles. The van der Waals surface area contributed by atoms with Crippen molar-refractivity contribution in [2.24, 2.45) is 0 Å². The smallest absolute Gasteiger partial charge is 0.344 e. The summed E-state index contributed by atoms with van der Waals surface area (Å²) in [5.41, 5.74) is 1.25. The van der Waals surface area contributed by atoms with Gasteiger partial charge in [-0.05, 0) is 36.6 Å². The molecule has 0 aliphatic carbocycles. The number of carboxylic acid groups (broad SMARTS) is 1. The average molecular weight is 340 g/mol. The zero-order chi connectivity index (χ0) is 17.4. The van der Waals surface area contributed by atoms with Gasteiger partial charge in [0.25, 0.3) is 0 Å². The molecule has 1 aromatic carbocycles. The third-order valence-corrected chi connectivity index (χ3v) is 4.02. The number of hydrogen-bond acceptors (Lipinski definition) is 5. The lowest BCUT2D eigenvalue weighted by Gasteiger charge is -2.23. The molecule has 1 aliphatic rings. The number of aliphatic carboxylic acids is 1. The van der Waals surface area contributed by atoms with Crippen LogP contribution in [0.25, 0.3) is 10.9 Å². The molecular formula is C18H13FN2O4. The standard InChI is InChI=1S/C18H13FN2O4/c19-12-7-11-1-3-14(18(22)23)24-15(11)8-16(12)25-17-4-2-10-5-6-20-9-13(10)21-17/h2,4-9,14H,1,3H2,(H,22,23). The number of ether oxygens (including phenoxy) is 2. The van der Waals surface area contributed by atoms with Gasteiger partial charge in [-0.1, -0.05) is 0 Å². The number of carboxylic acids is 1. The van der Waals surface area contributed by atoms with Crippen molar-refractivity contribution < 1.29 is 23.8 Å². The maximum absolute atomic E-state index is 14.3. The number of benzene rings is 1. The highest BCUT2D eigenvalue weighted by atomic mass is 19.1. The summed E-state index contributed by atoms with van der Waals surface area (Å²) in [4.78, 5) is 19.4. The molecule has 126 valence electrons. The number of hydrogen-bond donors (Lipinski definition) is 1. The van der Waals surface area contributed by atoms with Crippen LogP contribution in [-0.4, -0.2) is 27.1 Å². The predicted octanol–water partition coefficient (Wildman–Crippen LogP) is 3.34. The molecule has 0 radical (unpaired) electrons. The second-order valence-corrected chi connectivity index (χ2v) is 5.69. The van der Waals surface area contributed by atoms with E-state index >= 15 is 0 Å². The largest absolute Gasteiger partial charge is 0.479 e. The maximum atomic E-state index is 14.3. The lowest BCUT2D eigenvalue weighted by molar-refractivity contribution is -0.145. The molecule has 1 atom stereocenters. The number of aryl methyl sites for hydroxylation is 1. The van der Waals surface area contributed by atoms with Gasteiger partial charge in [0.05, 0.1) is 11.7 Å². The molecule has 6 nitrogen and oxygen atoms in total. The zero-order valence-corrected chi connectivity index (χ0v) is 13.0. The van der Waals surface area contributed by atoms with Crippen LogP contribution in [0.3, 0.4) is 0 Å². The van der Waals surface area contributed by atoms with E-state index in [1.165, 1.54) is 12.1 Å². The Morgan fingerprint density at radius 1 is 1.32 bits per heavy atom. The second-order valence-electron chi connectivity index (χ2n) is 5.69. The number of rotatable bonds is 3. The maximum Gasteiger partial charge on any atom is 0.344 e. The number of aromatic nitrogens is 2. The summed E-state index contributed by atoms with van der Waals surface area (Å²) in [5.74, 6) is -1.13. The fraction of sp³-hybridized carbons (Fsp3) is 0.167. The second kappa shape index (κ2) is 6.01. The molecule has 0 saturated heterocycles. The van der Waals surface area contributed by atoms with Gasteiger partial charge in [0, 0.05) is 23.7 Å². The van der Waals surface area contributed by atoms with Gasteiger partial charge in [0.15, 0.2) is 17.7 Å². The molecule has 0 bridgehead atoms. The molecule has 3 aromatic rings. The van der Waals surface area contributed by atoms with Crippen LogP contribution in [0.4, 0.5) is 4.39 Å². The Labute approximate surface area is 141 Å². The molecule has 3 heterocycles.